The maximum Gasteiger partial charge on any atom is 0.127 e. The summed E-state index contributed by atoms with van der Waals surface area (Å²) in [6.07, 6.45) is 4.91. The van der Waals surface area contributed by atoms with Crippen LogP contribution in [0.5, 0.6) is 17.2 Å². The second kappa shape index (κ2) is 12.9. The highest BCUT2D eigenvalue weighted by atomic mass is 16.5. The summed E-state index contributed by atoms with van der Waals surface area (Å²) < 4.78 is 14.0. The predicted molar refractivity (Wildman–Crippen MR) is 159 cm³/mol. The van der Waals surface area contributed by atoms with E-state index in [9.17, 15) is 0 Å². The average Bonchev–Trinajstić information content (AvgIpc) is 3.49. The largest absolute Gasteiger partial charge is 0.494 e. The second-order valence-corrected chi connectivity index (χ2v) is 9.41. The fourth-order valence-electron chi connectivity index (χ4n) is 4.52. The molecule has 0 aliphatic rings. The summed E-state index contributed by atoms with van der Waals surface area (Å²) >= 11 is 0. The minimum atomic E-state index is 0.726. The molecule has 0 unspecified atom stereocenters. The maximum atomic E-state index is 6.06. The lowest BCUT2D eigenvalue weighted by Crippen LogP contribution is -2.25. The van der Waals surface area contributed by atoms with Crippen LogP contribution in [0.25, 0.3) is 28.1 Å². The van der Waals surface area contributed by atoms with Crippen LogP contribution in [0.4, 0.5) is 0 Å². The highest BCUT2D eigenvalue weighted by Gasteiger charge is 2.06. The zero-order valence-electron chi connectivity index (χ0n) is 22.7. The maximum absolute atomic E-state index is 6.06. The molecule has 1 aromatic heterocycles. The molecule has 5 aromatic rings. The zero-order chi connectivity index (χ0) is 26.9. The van der Waals surface area contributed by atoms with E-state index < -0.39 is 0 Å². The Morgan fingerprint density at radius 1 is 0.667 bits per heavy atom. The van der Waals surface area contributed by atoms with Crippen molar-refractivity contribution in [2.24, 2.45) is 0 Å². The van der Waals surface area contributed by atoms with E-state index in [2.05, 4.69) is 60.1 Å². The minimum Gasteiger partial charge on any atom is -0.494 e. The van der Waals surface area contributed by atoms with Gasteiger partial charge in [0.25, 0.3) is 0 Å². The SMILES string of the molecule is CCN(CC)CCCOc1ccc(-n2cnc(-c3ccc(Oc4ccc(-c5ccccc5)cc4)cc3)c2)cc1. The molecule has 5 rings (SSSR count). The van der Waals surface area contributed by atoms with Crippen molar-refractivity contribution in [3.05, 3.63) is 116 Å². The zero-order valence-corrected chi connectivity index (χ0v) is 22.7. The third-order valence-electron chi connectivity index (χ3n) is 6.85. The first-order valence-corrected chi connectivity index (χ1v) is 13.6. The van der Waals surface area contributed by atoms with Crippen LogP contribution in [-0.4, -0.2) is 40.7 Å². The first-order valence-electron chi connectivity index (χ1n) is 13.6. The van der Waals surface area contributed by atoms with Crippen LogP contribution in [0.3, 0.4) is 0 Å². The number of rotatable bonds is 12. The van der Waals surface area contributed by atoms with Gasteiger partial charge in [0.15, 0.2) is 0 Å². The van der Waals surface area contributed by atoms with Crippen LogP contribution >= 0.6 is 0 Å². The highest BCUT2D eigenvalue weighted by molar-refractivity contribution is 5.64. The summed E-state index contributed by atoms with van der Waals surface area (Å²) in [7, 11) is 0. The van der Waals surface area contributed by atoms with Crippen molar-refractivity contribution in [3.8, 4) is 45.3 Å². The van der Waals surface area contributed by atoms with Crippen molar-refractivity contribution in [3.63, 3.8) is 0 Å². The average molecular weight is 518 g/mol. The van der Waals surface area contributed by atoms with Gasteiger partial charge in [-0.25, -0.2) is 4.98 Å². The molecule has 0 saturated heterocycles. The van der Waals surface area contributed by atoms with Gasteiger partial charge in [-0.3, -0.25) is 0 Å². The number of imidazole rings is 1. The molecule has 0 radical (unpaired) electrons. The van der Waals surface area contributed by atoms with E-state index in [1.54, 1.807) is 0 Å². The molecule has 4 aromatic carbocycles. The van der Waals surface area contributed by atoms with Gasteiger partial charge in [-0.15, -0.1) is 0 Å². The molecular weight excluding hydrogens is 482 g/mol. The minimum absolute atomic E-state index is 0.726. The van der Waals surface area contributed by atoms with E-state index >= 15 is 0 Å². The molecule has 0 saturated carbocycles. The van der Waals surface area contributed by atoms with Crippen LogP contribution in [0.2, 0.25) is 0 Å². The fourth-order valence-corrected chi connectivity index (χ4v) is 4.52. The van der Waals surface area contributed by atoms with E-state index in [0.717, 1.165) is 66.9 Å². The molecule has 5 nitrogen and oxygen atoms in total. The monoisotopic (exact) mass is 517 g/mol. The Morgan fingerprint density at radius 3 is 1.90 bits per heavy atom. The smallest absolute Gasteiger partial charge is 0.127 e. The van der Waals surface area contributed by atoms with Gasteiger partial charge in [0.05, 0.1) is 18.6 Å². The van der Waals surface area contributed by atoms with Gasteiger partial charge in [-0.05, 0) is 91.3 Å². The molecule has 0 N–H and O–H groups in total. The molecule has 0 aliphatic heterocycles. The Hall–Kier alpha value is -4.35. The number of benzene rings is 4. The standard InChI is InChI=1S/C34H35N3O2/c1-3-36(4-2)23-8-24-38-31-21-15-30(16-22-31)37-25-34(35-26-37)29-13-19-33(20-14-29)39-32-17-11-28(12-18-32)27-9-6-5-7-10-27/h5-7,9-22,25-26H,3-4,8,23-24H2,1-2H3. The van der Waals surface area contributed by atoms with Gasteiger partial charge in [-0.1, -0.05) is 56.3 Å². The van der Waals surface area contributed by atoms with Gasteiger partial charge in [-0.2, -0.15) is 0 Å². The van der Waals surface area contributed by atoms with Crippen molar-refractivity contribution in [2.45, 2.75) is 20.3 Å². The first-order chi connectivity index (χ1) is 19.2. The van der Waals surface area contributed by atoms with E-state index in [4.69, 9.17) is 9.47 Å². The third-order valence-corrected chi connectivity index (χ3v) is 6.85. The third kappa shape index (κ3) is 6.95. The lowest BCUT2D eigenvalue weighted by Gasteiger charge is -2.17. The van der Waals surface area contributed by atoms with E-state index in [0.29, 0.717) is 0 Å². The van der Waals surface area contributed by atoms with Gasteiger partial charge >= 0.3 is 0 Å². The first kappa shape index (κ1) is 26.3. The molecular formula is C34H35N3O2. The lowest BCUT2D eigenvalue weighted by atomic mass is 10.1. The Balaban J connectivity index is 1.16. The molecule has 0 atom stereocenters. The summed E-state index contributed by atoms with van der Waals surface area (Å²) in [4.78, 5) is 7.03. The summed E-state index contributed by atoms with van der Waals surface area (Å²) in [6, 6.07) is 34.7. The van der Waals surface area contributed by atoms with Crippen LogP contribution in [0.15, 0.2) is 116 Å². The van der Waals surface area contributed by atoms with Gasteiger partial charge in [0.1, 0.15) is 17.2 Å². The number of ether oxygens (including phenoxy) is 2. The van der Waals surface area contributed by atoms with E-state index in [-0.39, 0.29) is 0 Å². The Morgan fingerprint density at radius 2 is 1.26 bits per heavy atom. The molecule has 0 amide bonds. The number of hydrogen-bond donors (Lipinski definition) is 0. The van der Waals surface area contributed by atoms with Crippen LogP contribution in [0, 0.1) is 0 Å². The van der Waals surface area contributed by atoms with Gasteiger partial charge < -0.3 is 18.9 Å². The summed E-state index contributed by atoms with van der Waals surface area (Å²) in [5.41, 5.74) is 5.35. The number of aromatic nitrogens is 2. The molecule has 0 fully saturated rings. The summed E-state index contributed by atoms with van der Waals surface area (Å²) in [5.74, 6) is 2.49. The summed E-state index contributed by atoms with van der Waals surface area (Å²) in [6.45, 7) is 8.35. The summed E-state index contributed by atoms with van der Waals surface area (Å²) in [5, 5.41) is 0. The van der Waals surface area contributed by atoms with Crippen LogP contribution < -0.4 is 9.47 Å². The normalized spacial score (nSPS) is 11.1. The molecule has 0 bridgehead atoms. The molecule has 5 heteroatoms. The number of hydrogen-bond acceptors (Lipinski definition) is 4. The molecule has 0 aliphatic carbocycles. The van der Waals surface area contributed by atoms with Crippen LogP contribution in [0.1, 0.15) is 20.3 Å². The van der Waals surface area contributed by atoms with Crippen molar-refractivity contribution < 1.29 is 9.47 Å². The van der Waals surface area contributed by atoms with Gasteiger partial charge in [0.2, 0.25) is 0 Å². The molecule has 0 spiro atoms. The van der Waals surface area contributed by atoms with Gasteiger partial charge in [0, 0.05) is 24.0 Å². The molecule has 198 valence electrons. The van der Waals surface area contributed by atoms with E-state index in [1.165, 1.54) is 11.1 Å². The Kier molecular flexibility index (Phi) is 8.71. The highest BCUT2D eigenvalue weighted by Crippen LogP contribution is 2.28. The van der Waals surface area contributed by atoms with Crippen molar-refractivity contribution in [1.29, 1.82) is 0 Å². The fraction of sp³-hybridized carbons (Fsp3) is 0.206. The predicted octanol–water partition coefficient (Wildman–Crippen LogP) is 8.11. The molecule has 1 heterocycles. The second-order valence-electron chi connectivity index (χ2n) is 9.41. The number of nitrogens with zero attached hydrogens (tertiary/aromatic N) is 3. The Labute approximate surface area is 231 Å². The topological polar surface area (TPSA) is 39.5 Å². The molecule has 39 heavy (non-hydrogen) atoms. The van der Waals surface area contributed by atoms with Crippen molar-refractivity contribution in [2.75, 3.05) is 26.2 Å². The Bertz CT molecular complexity index is 1420. The van der Waals surface area contributed by atoms with Crippen molar-refractivity contribution in [1.82, 2.24) is 14.5 Å². The van der Waals surface area contributed by atoms with Crippen molar-refractivity contribution >= 4 is 0 Å². The van der Waals surface area contributed by atoms with Crippen LogP contribution in [-0.2, 0) is 0 Å². The lowest BCUT2D eigenvalue weighted by molar-refractivity contribution is 0.249. The van der Waals surface area contributed by atoms with E-state index in [1.807, 2.05) is 83.8 Å². The quantitative estimate of drug-likeness (QED) is 0.157.